The molecular formula is C28H33FN2O5S. The Morgan fingerprint density at radius 2 is 1.86 bits per heavy atom. The maximum absolute atomic E-state index is 14.4. The molecule has 0 atom stereocenters. The Hall–Kier alpha value is -2.36. The van der Waals surface area contributed by atoms with Gasteiger partial charge in [0.15, 0.2) is 0 Å². The van der Waals surface area contributed by atoms with Crippen molar-refractivity contribution in [1.82, 2.24) is 10.1 Å². The Balaban J connectivity index is 1.11. The van der Waals surface area contributed by atoms with Gasteiger partial charge in [0.05, 0.1) is 34.2 Å². The average molecular weight is 529 g/mol. The van der Waals surface area contributed by atoms with E-state index >= 15 is 0 Å². The van der Waals surface area contributed by atoms with Gasteiger partial charge >= 0.3 is 5.97 Å². The highest BCUT2D eigenvalue weighted by atomic mass is 32.1. The predicted molar refractivity (Wildman–Crippen MR) is 137 cm³/mol. The molecule has 7 nitrogen and oxygen atoms in total. The van der Waals surface area contributed by atoms with Crippen LogP contribution in [0, 0.1) is 0 Å². The van der Waals surface area contributed by atoms with E-state index in [4.69, 9.17) is 9.26 Å². The molecule has 6 rings (SSSR count). The molecule has 198 valence electrons. The van der Waals surface area contributed by atoms with Gasteiger partial charge in [0.1, 0.15) is 22.0 Å². The van der Waals surface area contributed by atoms with E-state index in [1.54, 1.807) is 25.1 Å². The van der Waals surface area contributed by atoms with Gasteiger partial charge in [-0.15, -0.1) is 11.3 Å². The number of fused-ring (bicyclic) bond motifs is 1. The van der Waals surface area contributed by atoms with Gasteiger partial charge in [-0.25, -0.2) is 14.2 Å². The topological polar surface area (TPSA) is 106 Å². The van der Waals surface area contributed by atoms with Crippen LogP contribution in [-0.4, -0.2) is 38.1 Å². The molecule has 0 saturated heterocycles. The number of carboxylic acid groups (broad SMARTS) is 1. The van der Waals surface area contributed by atoms with Crippen molar-refractivity contribution in [3.8, 4) is 0 Å². The van der Waals surface area contributed by atoms with Crippen molar-refractivity contribution in [3.05, 3.63) is 45.8 Å². The number of benzene rings is 1. The summed E-state index contributed by atoms with van der Waals surface area (Å²) < 4.78 is 27.3. The number of aromatic carboxylic acids is 1. The van der Waals surface area contributed by atoms with Crippen molar-refractivity contribution >= 4 is 27.5 Å². The second kappa shape index (κ2) is 9.43. The SMILES string of the molecule is CC1(F)CCC(c2noc(C3CC3)c2CO[C@H]2CC[C@](O)(c3nc4ccc(C(=O)O)cc4s3)CC2)CC1. The smallest absolute Gasteiger partial charge is 0.335 e. The summed E-state index contributed by atoms with van der Waals surface area (Å²) in [4.78, 5) is 15.9. The number of nitrogens with zero attached hydrogens (tertiary/aromatic N) is 2. The minimum atomic E-state index is -1.09. The number of thiazole rings is 1. The van der Waals surface area contributed by atoms with E-state index in [0.717, 1.165) is 47.4 Å². The van der Waals surface area contributed by atoms with Crippen molar-refractivity contribution in [3.63, 3.8) is 0 Å². The standard InChI is InChI=1S/C28H33FN2O5S/c1-27(29)10-6-16(7-11-27)23-20(24(36-31-23)17-2-3-17)15-35-19-8-12-28(34,13-9-19)26-30-21-5-4-18(25(32)33)14-22(21)37-26/h4-5,14,16-17,19,34H,2-3,6-13,15H2,1H3,(H,32,33)/t16?,19-,27?,28+. The Kier molecular flexibility index (Phi) is 6.36. The van der Waals surface area contributed by atoms with Gasteiger partial charge < -0.3 is 19.5 Å². The third-order valence-electron chi connectivity index (χ3n) is 8.47. The lowest BCUT2D eigenvalue weighted by Gasteiger charge is -2.34. The fourth-order valence-electron chi connectivity index (χ4n) is 5.87. The van der Waals surface area contributed by atoms with Gasteiger partial charge in [-0.2, -0.15) is 0 Å². The second-order valence-electron chi connectivity index (χ2n) is 11.4. The lowest BCUT2D eigenvalue weighted by Crippen LogP contribution is -2.34. The summed E-state index contributed by atoms with van der Waals surface area (Å²) in [5.74, 6) is 0.618. The molecule has 1 aromatic carbocycles. The molecule has 9 heteroatoms. The number of carboxylic acids is 1. The van der Waals surface area contributed by atoms with E-state index in [1.807, 2.05) is 0 Å². The molecule has 0 unspecified atom stereocenters. The summed E-state index contributed by atoms with van der Waals surface area (Å²) in [5.41, 5.74) is 0.834. The van der Waals surface area contributed by atoms with Crippen molar-refractivity contribution in [2.24, 2.45) is 0 Å². The lowest BCUT2D eigenvalue weighted by atomic mass is 9.78. The van der Waals surface area contributed by atoms with Gasteiger partial charge in [-0.1, -0.05) is 5.16 Å². The number of carbonyl (C=O) groups is 1. The van der Waals surface area contributed by atoms with Crippen molar-refractivity contribution < 1.29 is 28.7 Å². The fraction of sp³-hybridized carbons (Fsp3) is 0.607. The van der Waals surface area contributed by atoms with E-state index in [2.05, 4.69) is 10.1 Å². The molecule has 0 aliphatic heterocycles. The van der Waals surface area contributed by atoms with Crippen LogP contribution in [0.1, 0.15) is 115 Å². The molecule has 3 aliphatic carbocycles. The molecule has 0 spiro atoms. The highest BCUT2D eigenvalue weighted by Gasteiger charge is 2.40. The van der Waals surface area contributed by atoms with E-state index < -0.39 is 17.2 Å². The van der Waals surface area contributed by atoms with Gasteiger partial charge in [-0.05, 0) is 89.3 Å². The van der Waals surface area contributed by atoms with E-state index in [9.17, 15) is 19.4 Å². The third kappa shape index (κ3) is 5.05. The molecule has 3 saturated carbocycles. The first kappa shape index (κ1) is 24.9. The van der Waals surface area contributed by atoms with E-state index in [1.165, 1.54) is 11.3 Å². The predicted octanol–water partition coefficient (Wildman–Crippen LogP) is 6.59. The van der Waals surface area contributed by atoms with Gasteiger partial charge in [0, 0.05) is 17.4 Å². The molecule has 2 heterocycles. The number of aromatic nitrogens is 2. The van der Waals surface area contributed by atoms with E-state index in [-0.39, 0.29) is 17.6 Å². The molecular weight excluding hydrogens is 495 g/mol. The van der Waals surface area contributed by atoms with Crippen LogP contribution >= 0.6 is 11.3 Å². The fourth-order valence-corrected chi connectivity index (χ4v) is 7.02. The first-order chi connectivity index (χ1) is 17.7. The van der Waals surface area contributed by atoms with Gasteiger partial charge in [-0.3, -0.25) is 0 Å². The molecule has 0 amide bonds. The molecule has 0 bridgehead atoms. The lowest BCUT2D eigenvalue weighted by molar-refractivity contribution is -0.0643. The molecule has 2 aromatic heterocycles. The van der Waals surface area contributed by atoms with Crippen LogP contribution in [0.3, 0.4) is 0 Å². The van der Waals surface area contributed by atoms with Crippen LogP contribution in [-0.2, 0) is 16.9 Å². The minimum absolute atomic E-state index is 0.0172. The van der Waals surface area contributed by atoms with Crippen LogP contribution in [0.4, 0.5) is 4.39 Å². The second-order valence-corrected chi connectivity index (χ2v) is 12.5. The zero-order valence-corrected chi connectivity index (χ0v) is 21.9. The normalized spacial score (nSPS) is 30.6. The average Bonchev–Trinajstić information content (AvgIpc) is 3.48. The van der Waals surface area contributed by atoms with Crippen LogP contribution in [0.5, 0.6) is 0 Å². The summed E-state index contributed by atoms with van der Waals surface area (Å²) in [7, 11) is 0. The number of alkyl halides is 1. The Bertz CT molecular complexity index is 1300. The summed E-state index contributed by atoms with van der Waals surface area (Å²) in [6.07, 6.45) is 7.38. The monoisotopic (exact) mass is 528 g/mol. The molecule has 3 aromatic rings. The number of aliphatic hydroxyl groups is 1. The number of ether oxygens (including phenoxy) is 1. The molecule has 3 aliphatic rings. The van der Waals surface area contributed by atoms with Gasteiger partial charge in [0.25, 0.3) is 0 Å². The maximum atomic E-state index is 14.4. The summed E-state index contributed by atoms with van der Waals surface area (Å²) in [5, 5.41) is 25.7. The molecule has 2 N–H and O–H groups in total. The Morgan fingerprint density at radius 3 is 2.54 bits per heavy atom. The van der Waals surface area contributed by atoms with Crippen LogP contribution in [0.15, 0.2) is 22.7 Å². The number of hydrogen-bond donors (Lipinski definition) is 2. The summed E-state index contributed by atoms with van der Waals surface area (Å²) in [6.45, 7) is 2.13. The zero-order valence-electron chi connectivity index (χ0n) is 21.0. The van der Waals surface area contributed by atoms with E-state index in [0.29, 0.717) is 61.6 Å². The van der Waals surface area contributed by atoms with Crippen LogP contribution < -0.4 is 0 Å². The highest BCUT2D eigenvalue weighted by Crippen LogP contribution is 2.47. The number of hydrogen-bond acceptors (Lipinski definition) is 7. The number of halogens is 1. The zero-order chi connectivity index (χ0) is 25.8. The Morgan fingerprint density at radius 1 is 1.14 bits per heavy atom. The quantitative estimate of drug-likeness (QED) is 0.356. The maximum Gasteiger partial charge on any atom is 0.335 e. The largest absolute Gasteiger partial charge is 0.478 e. The summed E-state index contributed by atoms with van der Waals surface area (Å²) >= 11 is 1.36. The first-order valence-electron chi connectivity index (χ1n) is 13.4. The molecule has 37 heavy (non-hydrogen) atoms. The first-order valence-corrected chi connectivity index (χ1v) is 14.2. The number of rotatable bonds is 7. The summed E-state index contributed by atoms with van der Waals surface area (Å²) in [6, 6.07) is 4.86. The van der Waals surface area contributed by atoms with Crippen molar-refractivity contribution in [1.29, 1.82) is 0 Å². The molecule has 0 radical (unpaired) electrons. The van der Waals surface area contributed by atoms with Crippen LogP contribution in [0.25, 0.3) is 10.2 Å². The van der Waals surface area contributed by atoms with Gasteiger partial charge in [0.2, 0.25) is 0 Å². The highest BCUT2D eigenvalue weighted by molar-refractivity contribution is 7.18. The van der Waals surface area contributed by atoms with Crippen molar-refractivity contribution in [2.75, 3.05) is 0 Å². The molecule has 3 fully saturated rings. The minimum Gasteiger partial charge on any atom is -0.478 e. The van der Waals surface area contributed by atoms with Crippen LogP contribution in [0.2, 0.25) is 0 Å². The Labute approximate surface area is 219 Å². The van der Waals surface area contributed by atoms with Crippen molar-refractivity contribution in [2.45, 2.75) is 107 Å². The third-order valence-corrected chi connectivity index (χ3v) is 9.68.